The number of nitrogens with zero attached hydrogens (tertiary/aromatic N) is 2. The molecule has 1 heterocycles. The van der Waals surface area contributed by atoms with Crippen LogP contribution in [-0.4, -0.2) is 34.0 Å². The lowest BCUT2D eigenvalue weighted by atomic mass is 9.78. The van der Waals surface area contributed by atoms with E-state index in [0.29, 0.717) is 5.69 Å². The fraction of sp³-hybridized carbons (Fsp3) is 0.643. The molecule has 2 atom stereocenters. The van der Waals surface area contributed by atoms with E-state index in [1.165, 1.54) is 19.0 Å². The number of nitrogens with one attached hydrogen (secondary N) is 2. The summed E-state index contributed by atoms with van der Waals surface area (Å²) in [6.07, 6.45) is 11.3. The molecule has 2 bridgehead atoms. The summed E-state index contributed by atoms with van der Waals surface area (Å²) in [6, 6.07) is 0. The summed E-state index contributed by atoms with van der Waals surface area (Å²) < 4.78 is 0. The largest absolute Gasteiger partial charge is 0.345 e. The summed E-state index contributed by atoms with van der Waals surface area (Å²) >= 11 is 0. The number of carbonyl (C=O) groups is 1. The molecule has 1 aromatic rings. The quantitative estimate of drug-likeness (QED) is 0.859. The summed E-state index contributed by atoms with van der Waals surface area (Å²) in [5.41, 5.74) is 0.591. The van der Waals surface area contributed by atoms with Crippen molar-refractivity contribution >= 4 is 5.91 Å². The second-order valence-electron chi connectivity index (χ2n) is 5.89. The van der Waals surface area contributed by atoms with Crippen LogP contribution in [0.2, 0.25) is 0 Å². The lowest BCUT2D eigenvalue weighted by Gasteiger charge is -2.39. The third kappa shape index (κ3) is 2.23. The molecule has 0 saturated heterocycles. The zero-order valence-electron chi connectivity index (χ0n) is 11.3. The predicted molar refractivity (Wildman–Crippen MR) is 71.7 cm³/mol. The first kappa shape index (κ1) is 12.5. The normalized spacial score (nSPS) is 33.1. The highest BCUT2D eigenvalue weighted by molar-refractivity contribution is 5.92. The average Bonchev–Trinajstić information content (AvgIpc) is 2.71. The minimum atomic E-state index is -0.0955. The van der Waals surface area contributed by atoms with E-state index in [1.54, 1.807) is 12.4 Å². The van der Waals surface area contributed by atoms with Crippen molar-refractivity contribution < 1.29 is 4.79 Å². The number of aromatic nitrogens is 2. The highest BCUT2D eigenvalue weighted by Crippen LogP contribution is 2.47. The van der Waals surface area contributed by atoms with Crippen molar-refractivity contribution in [2.75, 3.05) is 7.05 Å². The van der Waals surface area contributed by atoms with Crippen LogP contribution in [0.5, 0.6) is 0 Å². The Morgan fingerprint density at radius 1 is 1.21 bits per heavy atom. The molecule has 2 aliphatic carbocycles. The van der Waals surface area contributed by atoms with Crippen LogP contribution in [0.3, 0.4) is 0 Å². The Labute approximate surface area is 113 Å². The van der Waals surface area contributed by atoms with Gasteiger partial charge in [-0.05, 0) is 45.6 Å². The minimum absolute atomic E-state index is 0.0458. The molecule has 0 spiro atoms. The van der Waals surface area contributed by atoms with Crippen LogP contribution in [0.4, 0.5) is 0 Å². The van der Waals surface area contributed by atoms with Gasteiger partial charge in [-0.15, -0.1) is 0 Å². The van der Waals surface area contributed by atoms with Crippen molar-refractivity contribution in [2.24, 2.45) is 0 Å². The van der Waals surface area contributed by atoms with Crippen LogP contribution in [0, 0.1) is 0 Å². The Bertz CT molecular complexity index is 478. The summed E-state index contributed by atoms with van der Waals surface area (Å²) in [6.45, 7) is 0. The topological polar surface area (TPSA) is 66.9 Å². The third-order valence-corrected chi connectivity index (χ3v) is 4.77. The maximum Gasteiger partial charge on any atom is 0.271 e. The molecule has 0 aromatic carbocycles. The van der Waals surface area contributed by atoms with Gasteiger partial charge >= 0.3 is 0 Å². The maximum atomic E-state index is 12.3. The first-order chi connectivity index (χ1) is 9.17. The fourth-order valence-electron chi connectivity index (χ4n) is 3.72. The summed E-state index contributed by atoms with van der Waals surface area (Å²) in [4.78, 5) is 20.3. The molecule has 1 amide bonds. The number of hydrogen-bond donors (Lipinski definition) is 2. The lowest BCUT2D eigenvalue weighted by Crippen LogP contribution is -2.53. The lowest BCUT2D eigenvalue weighted by molar-refractivity contribution is 0.0865. The van der Waals surface area contributed by atoms with E-state index in [4.69, 9.17) is 0 Å². The molecule has 2 fully saturated rings. The first-order valence-electron chi connectivity index (χ1n) is 6.95. The predicted octanol–water partition coefficient (Wildman–Crippen LogP) is 1.27. The summed E-state index contributed by atoms with van der Waals surface area (Å²) in [5, 5.41) is 6.68. The van der Waals surface area contributed by atoms with Crippen molar-refractivity contribution in [1.29, 1.82) is 0 Å². The average molecular weight is 260 g/mol. The van der Waals surface area contributed by atoms with Crippen LogP contribution < -0.4 is 10.6 Å². The number of hydrogen-bond acceptors (Lipinski definition) is 4. The first-order valence-corrected chi connectivity index (χ1v) is 6.95. The highest BCUT2D eigenvalue weighted by Gasteiger charge is 2.50. The Morgan fingerprint density at radius 2 is 2.00 bits per heavy atom. The molecule has 19 heavy (non-hydrogen) atoms. The molecule has 3 rings (SSSR count). The smallest absolute Gasteiger partial charge is 0.271 e. The second kappa shape index (κ2) is 4.56. The fourth-order valence-corrected chi connectivity index (χ4v) is 3.72. The van der Waals surface area contributed by atoms with E-state index in [-0.39, 0.29) is 17.0 Å². The molecule has 0 radical (unpaired) electrons. The van der Waals surface area contributed by atoms with Crippen molar-refractivity contribution in [3.05, 3.63) is 24.3 Å². The molecule has 2 N–H and O–H groups in total. The number of amides is 1. The number of carbonyl (C=O) groups excluding carboxylic acids is 1. The van der Waals surface area contributed by atoms with Gasteiger partial charge in [-0.3, -0.25) is 9.78 Å². The molecule has 102 valence electrons. The molecule has 2 aliphatic rings. The third-order valence-electron chi connectivity index (χ3n) is 4.77. The summed E-state index contributed by atoms with van der Waals surface area (Å²) in [5.74, 6) is -0.0955. The Morgan fingerprint density at radius 3 is 2.74 bits per heavy atom. The molecule has 2 unspecified atom stereocenters. The van der Waals surface area contributed by atoms with Gasteiger partial charge in [0, 0.05) is 23.5 Å². The van der Waals surface area contributed by atoms with Gasteiger partial charge in [0.1, 0.15) is 5.69 Å². The molecule has 1 aromatic heterocycles. The maximum absolute atomic E-state index is 12.3. The van der Waals surface area contributed by atoms with E-state index >= 15 is 0 Å². The monoisotopic (exact) mass is 260 g/mol. The van der Waals surface area contributed by atoms with Gasteiger partial charge in [0.2, 0.25) is 0 Å². The van der Waals surface area contributed by atoms with Crippen molar-refractivity contribution in [3.8, 4) is 0 Å². The molecule has 5 nitrogen and oxygen atoms in total. The second-order valence-corrected chi connectivity index (χ2v) is 5.89. The SMILES string of the molecule is CNC12CCCC(NC(=O)c3cnccn3)(CC1)C2. The molecule has 5 heteroatoms. The summed E-state index contributed by atoms with van der Waals surface area (Å²) in [7, 11) is 2.03. The van der Waals surface area contributed by atoms with E-state index in [0.717, 1.165) is 25.7 Å². The molecule has 2 saturated carbocycles. The van der Waals surface area contributed by atoms with E-state index < -0.39 is 0 Å². The minimum Gasteiger partial charge on any atom is -0.345 e. The Balaban J connectivity index is 1.75. The Kier molecular flexibility index (Phi) is 3.01. The van der Waals surface area contributed by atoms with E-state index in [9.17, 15) is 4.79 Å². The van der Waals surface area contributed by atoms with Gasteiger partial charge < -0.3 is 10.6 Å². The highest BCUT2D eigenvalue weighted by atomic mass is 16.2. The van der Waals surface area contributed by atoms with Crippen molar-refractivity contribution in [1.82, 2.24) is 20.6 Å². The van der Waals surface area contributed by atoms with Gasteiger partial charge in [-0.1, -0.05) is 0 Å². The molecule has 0 aliphatic heterocycles. The van der Waals surface area contributed by atoms with E-state index in [1.807, 2.05) is 7.05 Å². The zero-order valence-corrected chi connectivity index (χ0v) is 11.3. The van der Waals surface area contributed by atoms with E-state index in [2.05, 4.69) is 20.6 Å². The van der Waals surface area contributed by atoms with Crippen LogP contribution in [0.25, 0.3) is 0 Å². The Hall–Kier alpha value is -1.49. The number of fused-ring (bicyclic) bond motifs is 2. The van der Waals surface area contributed by atoms with Gasteiger partial charge in [0.25, 0.3) is 5.91 Å². The van der Waals surface area contributed by atoms with Crippen LogP contribution in [0.1, 0.15) is 49.0 Å². The number of rotatable bonds is 3. The van der Waals surface area contributed by atoms with Crippen molar-refractivity contribution in [3.63, 3.8) is 0 Å². The van der Waals surface area contributed by atoms with Crippen LogP contribution in [-0.2, 0) is 0 Å². The van der Waals surface area contributed by atoms with Crippen LogP contribution >= 0.6 is 0 Å². The molecular formula is C14H20N4O. The van der Waals surface area contributed by atoms with Gasteiger partial charge in [-0.2, -0.15) is 0 Å². The van der Waals surface area contributed by atoms with Crippen molar-refractivity contribution in [2.45, 2.75) is 49.6 Å². The molecular weight excluding hydrogens is 240 g/mol. The zero-order chi connectivity index (χ0) is 13.3. The van der Waals surface area contributed by atoms with Crippen LogP contribution in [0.15, 0.2) is 18.6 Å². The van der Waals surface area contributed by atoms with Gasteiger partial charge in [-0.25, -0.2) is 4.98 Å². The van der Waals surface area contributed by atoms with Gasteiger partial charge in [0.05, 0.1) is 6.20 Å². The standard InChI is InChI=1S/C14H20N4O/c1-15-13-3-2-4-14(10-13,6-5-13)18-12(19)11-9-16-7-8-17-11/h7-9,15H,2-6,10H2,1H3,(H,18,19). The van der Waals surface area contributed by atoms with Gasteiger partial charge in [0.15, 0.2) is 0 Å².